The first kappa shape index (κ1) is 22.6. The average Bonchev–Trinajstić information content (AvgIpc) is 3.46. The van der Waals surface area contributed by atoms with E-state index in [2.05, 4.69) is 26.2 Å². The van der Waals surface area contributed by atoms with Crippen LogP contribution in [0.1, 0.15) is 21.3 Å². The zero-order chi connectivity index (χ0) is 24.6. The fourth-order valence-electron chi connectivity index (χ4n) is 4.10. The van der Waals surface area contributed by atoms with Crippen molar-refractivity contribution >= 4 is 44.5 Å². The van der Waals surface area contributed by atoms with Gasteiger partial charge in [0.15, 0.2) is 5.82 Å². The number of anilines is 2. The van der Waals surface area contributed by atoms with E-state index >= 15 is 0 Å². The van der Waals surface area contributed by atoms with Gasteiger partial charge in [-0.15, -0.1) is 11.3 Å². The highest BCUT2D eigenvalue weighted by Crippen LogP contribution is 2.27. The lowest BCUT2D eigenvalue weighted by atomic mass is 10.1. The van der Waals surface area contributed by atoms with Crippen molar-refractivity contribution in [2.24, 2.45) is 5.10 Å². The van der Waals surface area contributed by atoms with Crippen molar-refractivity contribution in [2.75, 3.05) is 30.3 Å². The summed E-state index contributed by atoms with van der Waals surface area (Å²) in [4.78, 5) is 13.3. The largest absolute Gasteiger partial charge is 0.606 e. The van der Waals surface area contributed by atoms with Gasteiger partial charge in [-0.1, -0.05) is 23.3 Å². The maximum Gasteiger partial charge on any atom is 0.265 e. The van der Waals surface area contributed by atoms with Gasteiger partial charge in [-0.3, -0.25) is 9.48 Å². The summed E-state index contributed by atoms with van der Waals surface area (Å²) in [6, 6.07) is 15.9. The van der Waals surface area contributed by atoms with Gasteiger partial charge in [-0.25, -0.2) is 9.56 Å². The first-order valence-corrected chi connectivity index (χ1v) is 12.3. The predicted octanol–water partition coefficient (Wildman–Crippen LogP) is 2.73. The molecule has 0 aliphatic carbocycles. The van der Waals surface area contributed by atoms with Crippen molar-refractivity contribution in [1.29, 1.82) is 0 Å². The molecule has 2 aromatic carbocycles. The molecule has 0 spiro atoms. The van der Waals surface area contributed by atoms with Crippen molar-refractivity contribution in [3.8, 4) is 0 Å². The maximum atomic E-state index is 14.6. The normalized spacial score (nSPS) is 17.9. The second kappa shape index (κ2) is 9.28. The zero-order valence-electron chi connectivity index (χ0n) is 19.0. The molecule has 4 heterocycles. The van der Waals surface area contributed by atoms with Gasteiger partial charge in [0.25, 0.3) is 5.91 Å². The summed E-state index contributed by atoms with van der Waals surface area (Å²) in [6.07, 6.45) is 3.65. The van der Waals surface area contributed by atoms with Gasteiger partial charge >= 0.3 is 0 Å². The number of nitrogens with zero attached hydrogens (tertiary/aromatic N) is 3. The molecule has 4 aromatic rings. The lowest BCUT2D eigenvalue weighted by molar-refractivity contribution is -0.850. The molecule has 0 radical (unpaired) electrons. The van der Waals surface area contributed by atoms with Gasteiger partial charge in [0.1, 0.15) is 18.1 Å². The molecule has 1 saturated heterocycles. The molecule has 2 aliphatic heterocycles. The van der Waals surface area contributed by atoms with Crippen LogP contribution in [-0.4, -0.2) is 41.0 Å². The Kier molecular flexibility index (Phi) is 5.82. The Labute approximate surface area is 209 Å². The number of rotatable bonds is 6. The van der Waals surface area contributed by atoms with E-state index in [-0.39, 0.29) is 17.4 Å². The number of hydrogen-bond donors (Lipinski definition) is 4. The second-order valence-corrected chi connectivity index (χ2v) is 9.74. The third-order valence-corrected chi connectivity index (χ3v) is 7.20. The average molecular weight is 504 g/mol. The summed E-state index contributed by atoms with van der Waals surface area (Å²) in [6.45, 7) is 1.87. The van der Waals surface area contributed by atoms with E-state index < -0.39 is 11.7 Å². The summed E-state index contributed by atoms with van der Waals surface area (Å²) in [7, 11) is 0. The zero-order valence-corrected chi connectivity index (χ0v) is 19.8. The summed E-state index contributed by atoms with van der Waals surface area (Å²) < 4.78 is 17.5. The van der Waals surface area contributed by atoms with Crippen LogP contribution in [0.4, 0.5) is 15.9 Å². The van der Waals surface area contributed by atoms with E-state index in [0.29, 0.717) is 33.7 Å². The number of thiophene rings is 1. The minimum absolute atomic E-state index is 0.0199. The van der Waals surface area contributed by atoms with Crippen LogP contribution in [0, 0.1) is 11.0 Å². The van der Waals surface area contributed by atoms with Crippen molar-refractivity contribution in [3.05, 3.63) is 94.0 Å². The molecule has 36 heavy (non-hydrogen) atoms. The Morgan fingerprint density at radius 1 is 1.19 bits per heavy atom. The number of allylic oxidation sites excluding steroid dienone is 1. The molecule has 1 atom stereocenters. The van der Waals surface area contributed by atoms with Crippen LogP contribution in [0.5, 0.6) is 0 Å². The van der Waals surface area contributed by atoms with E-state index in [1.165, 1.54) is 29.5 Å². The van der Waals surface area contributed by atoms with E-state index in [9.17, 15) is 14.4 Å². The molecule has 9 nitrogen and oxygen atoms in total. The molecule has 0 bridgehead atoms. The number of amides is 1. The monoisotopic (exact) mass is 503 g/mol. The van der Waals surface area contributed by atoms with E-state index in [4.69, 9.17) is 0 Å². The van der Waals surface area contributed by atoms with Crippen molar-refractivity contribution in [2.45, 2.75) is 6.04 Å². The first-order valence-electron chi connectivity index (χ1n) is 11.5. The van der Waals surface area contributed by atoms with Gasteiger partial charge in [0.2, 0.25) is 0 Å². The number of nitrogens with one attached hydrogen (secondary N) is 4. The minimum Gasteiger partial charge on any atom is -0.606 e. The van der Waals surface area contributed by atoms with Gasteiger partial charge in [-0.2, -0.15) is 5.10 Å². The van der Waals surface area contributed by atoms with Gasteiger partial charge in [-0.05, 0) is 41.8 Å². The lowest BCUT2D eigenvalue weighted by Crippen LogP contribution is -3.03. The SMILES string of the molecule is O=C(Nc1cc(C2=N[NH+]([O-])CC(Nc3ccn(C4CNC4)n3)=C2)ccc1F)c1cc2ccccc2s1. The van der Waals surface area contributed by atoms with Gasteiger partial charge in [0.05, 0.1) is 22.3 Å². The number of fused-ring (bicyclic) bond motifs is 1. The number of hydroxylamine groups is 1. The van der Waals surface area contributed by atoms with E-state index in [1.807, 2.05) is 41.2 Å². The highest BCUT2D eigenvalue weighted by Gasteiger charge is 2.21. The third kappa shape index (κ3) is 4.52. The molecule has 4 N–H and O–H groups in total. The smallest absolute Gasteiger partial charge is 0.265 e. The van der Waals surface area contributed by atoms with Crippen molar-refractivity contribution in [3.63, 3.8) is 0 Å². The fraction of sp³-hybridized carbons (Fsp3) is 0.160. The Balaban J connectivity index is 1.22. The summed E-state index contributed by atoms with van der Waals surface area (Å²) >= 11 is 1.34. The highest BCUT2D eigenvalue weighted by molar-refractivity contribution is 7.20. The Bertz CT molecular complexity index is 1490. The first-order chi connectivity index (χ1) is 17.5. The Morgan fingerprint density at radius 2 is 2.06 bits per heavy atom. The molecule has 11 heteroatoms. The van der Waals surface area contributed by atoms with Crippen LogP contribution >= 0.6 is 11.3 Å². The van der Waals surface area contributed by atoms with E-state index in [0.717, 1.165) is 23.2 Å². The van der Waals surface area contributed by atoms with Crippen LogP contribution < -0.4 is 21.1 Å². The molecular formula is C25H22FN7O2S. The Morgan fingerprint density at radius 3 is 2.86 bits per heavy atom. The number of hydrogen-bond acceptors (Lipinski definition) is 7. The lowest BCUT2D eigenvalue weighted by Gasteiger charge is -2.27. The van der Waals surface area contributed by atoms with Crippen LogP contribution in [-0.2, 0) is 0 Å². The summed E-state index contributed by atoms with van der Waals surface area (Å²) in [5, 5.41) is 30.7. The number of quaternary nitrogens is 1. The molecular weight excluding hydrogens is 481 g/mol. The summed E-state index contributed by atoms with van der Waals surface area (Å²) in [5.74, 6) is -0.337. The third-order valence-electron chi connectivity index (χ3n) is 6.09. The highest BCUT2D eigenvalue weighted by atomic mass is 32.1. The molecule has 6 rings (SSSR count). The van der Waals surface area contributed by atoms with Crippen LogP contribution in [0.25, 0.3) is 10.1 Å². The van der Waals surface area contributed by atoms with Crippen LogP contribution in [0.3, 0.4) is 0 Å². The number of benzene rings is 2. The minimum atomic E-state index is -0.575. The Hall–Kier alpha value is -3.90. The molecule has 2 aliphatic rings. The van der Waals surface area contributed by atoms with Crippen LogP contribution in [0.2, 0.25) is 0 Å². The predicted molar refractivity (Wildman–Crippen MR) is 138 cm³/mol. The number of aromatic nitrogens is 2. The van der Waals surface area contributed by atoms with Crippen LogP contribution in [0.15, 0.2) is 77.7 Å². The van der Waals surface area contributed by atoms with Gasteiger partial charge < -0.3 is 21.2 Å². The number of carbonyl (C=O) groups is 1. The van der Waals surface area contributed by atoms with E-state index in [1.54, 1.807) is 12.1 Å². The molecule has 1 fully saturated rings. The van der Waals surface area contributed by atoms with Crippen molar-refractivity contribution < 1.29 is 14.4 Å². The molecule has 2 aromatic heterocycles. The maximum absolute atomic E-state index is 14.6. The number of carbonyl (C=O) groups excluding carboxylic acids is 1. The topological polar surface area (TPSA) is 111 Å². The molecule has 1 unspecified atom stereocenters. The van der Waals surface area contributed by atoms with Gasteiger partial charge in [0, 0.05) is 35.6 Å². The standard InChI is InChI=1S/C25H22FN7O2S/c26-19-6-5-15(9-21(19)29-25(34)23-10-16-3-1-2-4-22(16)36-23)20-11-17(14-33(35)30-20)28-24-7-8-32(31-24)18-12-27-13-18/h1-11,18,27,33H,12-14H2,(H,28,31)(H,29,34). The quantitative estimate of drug-likeness (QED) is 0.303. The number of halogens is 1. The second-order valence-electron chi connectivity index (χ2n) is 8.65. The fourth-order valence-corrected chi connectivity index (χ4v) is 5.06. The molecule has 0 saturated carbocycles. The summed E-state index contributed by atoms with van der Waals surface area (Å²) in [5.41, 5.74) is 1.56. The van der Waals surface area contributed by atoms with Crippen molar-refractivity contribution in [1.82, 2.24) is 15.1 Å². The molecule has 182 valence electrons. The molecule has 1 amide bonds.